The van der Waals surface area contributed by atoms with Crippen LogP contribution in [0, 0.1) is 6.92 Å². The lowest BCUT2D eigenvalue weighted by molar-refractivity contribution is -0.153. The number of benzene rings is 1. The van der Waals surface area contributed by atoms with Crippen molar-refractivity contribution in [3.8, 4) is 17.2 Å². The standard InChI is InChI=1S/C19H15ClF3NO5S/c1-11-3-5-13(6-4-11)30(26,27)24-8-7-14(20)17(24)15-9-16(18(29-15)12(2)25)28-10-19(21,22)23/h3-9H,10H2,1-2H3. The minimum Gasteiger partial charge on any atom is -0.480 e. The summed E-state index contributed by atoms with van der Waals surface area (Å²) in [5, 5.41) is -0.0445. The van der Waals surface area contributed by atoms with E-state index in [-0.39, 0.29) is 21.4 Å². The van der Waals surface area contributed by atoms with Crippen LogP contribution in [-0.4, -0.2) is 31.0 Å². The molecule has 0 bridgehead atoms. The minimum atomic E-state index is -4.64. The van der Waals surface area contributed by atoms with E-state index < -0.39 is 40.1 Å². The van der Waals surface area contributed by atoms with Crippen molar-refractivity contribution in [1.29, 1.82) is 0 Å². The van der Waals surface area contributed by atoms with E-state index in [0.717, 1.165) is 22.5 Å². The van der Waals surface area contributed by atoms with Crippen LogP contribution < -0.4 is 4.74 Å². The first-order valence-corrected chi connectivity index (χ1v) is 10.3. The molecule has 0 N–H and O–H groups in total. The monoisotopic (exact) mass is 461 g/mol. The molecule has 0 radical (unpaired) electrons. The predicted molar refractivity (Wildman–Crippen MR) is 102 cm³/mol. The molecule has 0 aliphatic heterocycles. The van der Waals surface area contributed by atoms with Crippen molar-refractivity contribution < 1.29 is 35.5 Å². The maximum Gasteiger partial charge on any atom is 0.422 e. The molecule has 2 heterocycles. The number of nitrogens with zero attached hydrogens (tertiary/aromatic N) is 1. The smallest absolute Gasteiger partial charge is 0.422 e. The maximum atomic E-state index is 13.1. The van der Waals surface area contributed by atoms with Crippen molar-refractivity contribution in [3.05, 3.63) is 58.9 Å². The summed E-state index contributed by atoms with van der Waals surface area (Å²) in [5.74, 6) is -1.88. The first kappa shape index (κ1) is 22.0. The van der Waals surface area contributed by atoms with E-state index in [1.807, 2.05) is 0 Å². The minimum absolute atomic E-state index is 0.0338. The van der Waals surface area contributed by atoms with Crippen molar-refractivity contribution in [3.63, 3.8) is 0 Å². The van der Waals surface area contributed by atoms with E-state index in [1.165, 1.54) is 24.4 Å². The molecule has 0 fully saturated rings. The topological polar surface area (TPSA) is 78.5 Å². The molecule has 0 saturated carbocycles. The molecule has 1 aromatic carbocycles. The van der Waals surface area contributed by atoms with Crippen molar-refractivity contribution >= 4 is 27.4 Å². The number of hydrogen-bond acceptors (Lipinski definition) is 5. The number of hydrogen-bond donors (Lipinski definition) is 0. The molecular weight excluding hydrogens is 447 g/mol. The van der Waals surface area contributed by atoms with Gasteiger partial charge in [-0.05, 0) is 25.1 Å². The Kier molecular flexibility index (Phi) is 5.74. The summed E-state index contributed by atoms with van der Waals surface area (Å²) in [6.07, 6.45) is -3.46. The zero-order valence-corrected chi connectivity index (χ0v) is 17.2. The zero-order valence-electron chi connectivity index (χ0n) is 15.7. The van der Waals surface area contributed by atoms with Gasteiger partial charge in [-0.15, -0.1) is 0 Å². The Hall–Kier alpha value is -2.72. The predicted octanol–water partition coefficient (Wildman–Crippen LogP) is 5.09. The number of aromatic nitrogens is 1. The van der Waals surface area contributed by atoms with Crippen molar-refractivity contribution in [1.82, 2.24) is 3.97 Å². The molecule has 6 nitrogen and oxygen atoms in total. The Bertz CT molecular complexity index is 1190. The molecule has 0 aliphatic carbocycles. The number of halogens is 4. The molecule has 0 atom stereocenters. The van der Waals surface area contributed by atoms with Crippen LogP contribution in [0.3, 0.4) is 0 Å². The average molecular weight is 462 g/mol. The van der Waals surface area contributed by atoms with Gasteiger partial charge in [0, 0.05) is 19.2 Å². The highest BCUT2D eigenvalue weighted by atomic mass is 35.5. The van der Waals surface area contributed by atoms with Crippen LogP contribution in [0.25, 0.3) is 11.5 Å². The summed E-state index contributed by atoms with van der Waals surface area (Å²) in [6.45, 7) is 1.22. The molecular formula is C19H15ClF3NO5S. The van der Waals surface area contributed by atoms with Crippen LogP contribution in [0.1, 0.15) is 23.0 Å². The van der Waals surface area contributed by atoms with Gasteiger partial charge in [0.2, 0.25) is 5.76 Å². The van der Waals surface area contributed by atoms with Gasteiger partial charge in [0.15, 0.2) is 23.9 Å². The van der Waals surface area contributed by atoms with Gasteiger partial charge >= 0.3 is 6.18 Å². The van der Waals surface area contributed by atoms with Crippen LogP contribution in [0.2, 0.25) is 5.02 Å². The van der Waals surface area contributed by atoms with E-state index in [1.54, 1.807) is 19.1 Å². The van der Waals surface area contributed by atoms with E-state index in [0.29, 0.717) is 0 Å². The van der Waals surface area contributed by atoms with Crippen LogP contribution >= 0.6 is 11.6 Å². The van der Waals surface area contributed by atoms with Gasteiger partial charge in [0.25, 0.3) is 10.0 Å². The Morgan fingerprint density at radius 2 is 1.83 bits per heavy atom. The highest BCUT2D eigenvalue weighted by Crippen LogP contribution is 2.38. The molecule has 3 rings (SSSR count). The van der Waals surface area contributed by atoms with Gasteiger partial charge in [-0.2, -0.15) is 13.2 Å². The summed E-state index contributed by atoms with van der Waals surface area (Å²) in [5.41, 5.74) is 0.699. The molecule has 0 saturated heterocycles. The summed E-state index contributed by atoms with van der Waals surface area (Å²) in [4.78, 5) is 11.7. The molecule has 0 spiro atoms. The molecule has 11 heteroatoms. The number of rotatable bonds is 6. The molecule has 2 aromatic heterocycles. The third-order valence-electron chi connectivity index (χ3n) is 4.02. The average Bonchev–Trinajstić information content (AvgIpc) is 3.23. The molecule has 30 heavy (non-hydrogen) atoms. The van der Waals surface area contributed by atoms with Gasteiger partial charge in [-0.25, -0.2) is 12.4 Å². The third-order valence-corrected chi connectivity index (χ3v) is 6.02. The lowest BCUT2D eigenvalue weighted by atomic mass is 10.2. The van der Waals surface area contributed by atoms with Crippen molar-refractivity contribution in [2.45, 2.75) is 24.9 Å². The van der Waals surface area contributed by atoms with Crippen LogP contribution in [-0.2, 0) is 10.0 Å². The molecule has 0 unspecified atom stereocenters. The summed E-state index contributed by atoms with van der Waals surface area (Å²) in [6, 6.07) is 8.33. The number of carbonyl (C=O) groups excluding carboxylic acids is 1. The molecule has 0 aliphatic rings. The lowest BCUT2D eigenvalue weighted by Crippen LogP contribution is -2.19. The van der Waals surface area contributed by atoms with Crippen molar-refractivity contribution in [2.75, 3.05) is 6.61 Å². The first-order chi connectivity index (χ1) is 13.9. The number of ketones is 1. The number of furan rings is 1. The van der Waals surface area contributed by atoms with Crippen LogP contribution in [0.15, 0.2) is 51.9 Å². The number of carbonyl (C=O) groups is 1. The second-order valence-corrected chi connectivity index (χ2v) is 8.61. The maximum absolute atomic E-state index is 13.1. The fraction of sp³-hybridized carbons (Fsp3) is 0.211. The number of aryl methyl sites for hydroxylation is 1. The summed E-state index contributed by atoms with van der Waals surface area (Å²) < 4.78 is 74.5. The van der Waals surface area contributed by atoms with Gasteiger partial charge in [0.1, 0.15) is 5.69 Å². The lowest BCUT2D eigenvalue weighted by Gasteiger charge is -2.10. The molecule has 3 aromatic rings. The van der Waals surface area contributed by atoms with Gasteiger partial charge in [-0.1, -0.05) is 29.3 Å². The Morgan fingerprint density at radius 3 is 2.40 bits per heavy atom. The Balaban J connectivity index is 2.11. The Morgan fingerprint density at radius 1 is 1.20 bits per heavy atom. The third kappa shape index (κ3) is 4.39. The van der Waals surface area contributed by atoms with E-state index in [9.17, 15) is 26.4 Å². The molecule has 0 amide bonds. The first-order valence-electron chi connectivity index (χ1n) is 8.44. The fourth-order valence-electron chi connectivity index (χ4n) is 2.65. The zero-order chi connectivity index (χ0) is 22.3. The summed E-state index contributed by atoms with van der Waals surface area (Å²) >= 11 is 6.14. The Labute approximate surface area is 174 Å². The highest BCUT2D eigenvalue weighted by molar-refractivity contribution is 7.90. The quantitative estimate of drug-likeness (QED) is 0.478. The largest absolute Gasteiger partial charge is 0.480 e. The normalized spacial score (nSPS) is 12.2. The second kappa shape index (κ2) is 7.84. The van der Waals surface area contributed by atoms with Gasteiger partial charge in [0.05, 0.1) is 9.92 Å². The SMILES string of the molecule is CC(=O)c1oc(-c2c(Cl)ccn2S(=O)(=O)c2ccc(C)cc2)cc1OCC(F)(F)F. The second-order valence-electron chi connectivity index (χ2n) is 6.39. The fourth-order valence-corrected chi connectivity index (χ4v) is 4.29. The van der Waals surface area contributed by atoms with E-state index in [2.05, 4.69) is 4.74 Å². The molecule has 160 valence electrons. The number of ether oxygens (including phenoxy) is 1. The van der Waals surface area contributed by atoms with Gasteiger partial charge < -0.3 is 9.15 Å². The van der Waals surface area contributed by atoms with E-state index >= 15 is 0 Å². The number of alkyl halides is 3. The number of Topliss-reactive ketones (excluding diaryl/α,β-unsaturated/α-hetero) is 1. The highest BCUT2D eigenvalue weighted by Gasteiger charge is 2.31. The van der Waals surface area contributed by atoms with E-state index in [4.69, 9.17) is 16.0 Å². The van der Waals surface area contributed by atoms with Crippen molar-refractivity contribution in [2.24, 2.45) is 0 Å². The van der Waals surface area contributed by atoms with Crippen LogP contribution in [0.4, 0.5) is 13.2 Å². The summed E-state index contributed by atoms with van der Waals surface area (Å²) in [7, 11) is -4.11. The van der Waals surface area contributed by atoms with Crippen LogP contribution in [0.5, 0.6) is 5.75 Å². The van der Waals surface area contributed by atoms with Gasteiger partial charge in [-0.3, -0.25) is 4.79 Å².